The van der Waals surface area contributed by atoms with E-state index in [1.54, 1.807) is 12.1 Å². The van der Waals surface area contributed by atoms with Crippen molar-refractivity contribution in [2.75, 3.05) is 37.5 Å². The zero-order valence-corrected chi connectivity index (χ0v) is 29.2. The van der Waals surface area contributed by atoms with Gasteiger partial charge in [-0.25, -0.2) is 4.79 Å². The Morgan fingerprint density at radius 2 is 1.62 bits per heavy atom. The van der Waals surface area contributed by atoms with E-state index in [4.69, 9.17) is 21.1 Å². The first kappa shape index (κ1) is 39.0. The van der Waals surface area contributed by atoms with Gasteiger partial charge in [-0.15, -0.1) is 0 Å². The Morgan fingerprint density at radius 1 is 0.943 bits per heavy atom. The Bertz CT molecular complexity index is 1780. The number of hydrogen-bond donors (Lipinski definition) is 6. The predicted octanol–water partition coefficient (Wildman–Crippen LogP) is 3.37. The lowest BCUT2D eigenvalue weighted by Crippen LogP contribution is -2.48. The van der Waals surface area contributed by atoms with Crippen LogP contribution in [-0.2, 0) is 24.7 Å². The molecule has 0 spiro atoms. The summed E-state index contributed by atoms with van der Waals surface area (Å²) in [5.41, 5.74) is 0.824. The van der Waals surface area contributed by atoms with Crippen molar-refractivity contribution in [3.63, 3.8) is 0 Å². The molecule has 2 aromatic carbocycles. The molecule has 5 rings (SSSR count). The lowest BCUT2D eigenvalue weighted by Gasteiger charge is -2.19. The third kappa shape index (κ3) is 11.4. The molecule has 19 heteroatoms. The zero-order valence-electron chi connectivity index (χ0n) is 28.5. The molecule has 6 N–H and O–H groups in total. The third-order valence-electron chi connectivity index (χ3n) is 8.54. The molecule has 53 heavy (non-hydrogen) atoms. The van der Waals surface area contributed by atoms with Crippen molar-refractivity contribution in [3.8, 4) is 6.01 Å². The van der Waals surface area contributed by atoms with E-state index in [1.807, 2.05) is 12.1 Å². The number of carbonyl (C=O) groups excluding carboxylic acids is 4. The molecule has 3 amide bonds. The molecular weight excluding hydrogens is 725 g/mol. The summed E-state index contributed by atoms with van der Waals surface area (Å²) in [6, 6.07) is 10.9. The van der Waals surface area contributed by atoms with Gasteiger partial charge in [0, 0.05) is 35.5 Å². The summed E-state index contributed by atoms with van der Waals surface area (Å²) in [4.78, 5) is 62.4. The number of amides is 3. The molecule has 2 aliphatic carbocycles. The third-order valence-corrected chi connectivity index (χ3v) is 8.80. The van der Waals surface area contributed by atoms with Gasteiger partial charge in [-0.1, -0.05) is 23.7 Å². The van der Waals surface area contributed by atoms with E-state index in [1.165, 1.54) is 24.3 Å². The Hall–Kier alpha value is -5.23. The summed E-state index contributed by atoms with van der Waals surface area (Å²) in [6.45, 7) is -1.89. The summed E-state index contributed by atoms with van der Waals surface area (Å²) in [7, 11) is 1.14. The summed E-state index contributed by atoms with van der Waals surface area (Å²) in [5, 5.41) is 23.4. The summed E-state index contributed by atoms with van der Waals surface area (Å²) in [6.07, 6.45) is -1.16. The molecule has 0 aliphatic heterocycles. The smallest absolute Gasteiger partial charge is 0.422 e. The van der Waals surface area contributed by atoms with Crippen LogP contribution in [0.2, 0.25) is 5.02 Å². The molecule has 0 bridgehead atoms. The van der Waals surface area contributed by atoms with Crippen LogP contribution in [-0.4, -0.2) is 88.9 Å². The first-order chi connectivity index (χ1) is 25.3. The number of aliphatic hydroxyl groups is 1. The molecule has 2 aliphatic rings. The Labute approximate surface area is 306 Å². The molecule has 284 valence electrons. The van der Waals surface area contributed by atoms with Crippen LogP contribution in [0, 0.1) is 5.92 Å². The van der Waals surface area contributed by atoms with Crippen molar-refractivity contribution in [1.82, 2.24) is 30.9 Å². The van der Waals surface area contributed by atoms with Crippen LogP contribution in [0.15, 0.2) is 48.5 Å². The van der Waals surface area contributed by atoms with Gasteiger partial charge in [-0.2, -0.15) is 28.1 Å². The molecule has 3 aromatic rings. The molecule has 2 fully saturated rings. The van der Waals surface area contributed by atoms with Crippen LogP contribution < -0.4 is 31.3 Å². The van der Waals surface area contributed by atoms with Gasteiger partial charge in [0.05, 0.1) is 12.6 Å². The number of rotatable bonds is 17. The molecule has 2 atom stereocenters. The topological polar surface area (TPSA) is 206 Å². The number of aromatic nitrogens is 3. The van der Waals surface area contributed by atoms with Gasteiger partial charge in [-0.05, 0) is 86.4 Å². The quantitative estimate of drug-likeness (QED) is 0.0866. The Balaban J connectivity index is 1.20. The number of ether oxygens (including phenoxy) is 2. The van der Waals surface area contributed by atoms with E-state index in [0.717, 1.165) is 25.5 Å². The Morgan fingerprint density at radius 3 is 2.23 bits per heavy atom. The fraction of sp³-hybridized carbons (Fsp3) is 0.441. The molecule has 1 aromatic heterocycles. The fourth-order valence-electron chi connectivity index (χ4n) is 5.45. The number of hydrogen-bond acceptors (Lipinski definition) is 12. The highest BCUT2D eigenvalue weighted by Crippen LogP contribution is 2.48. The number of nitrogens with one attached hydrogen (secondary N) is 5. The minimum atomic E-state index is -4.64. The van der Waals surface area contributed by atoms with E-state index in [0.29, 0.717) is 30.0 Å². The van der Waals surface area contributed by atoms with E-state index in [9.17, 15) is 37.5 Å². The van der Waals surface area contributed by atoms with Crippen LogP contribution in [0.4, 0.5) is 30.8 Å². The molecule has 0 saturated heterocycles. The molecule has 1 unspecified atom stereocenters. The molecule has 2 saturated carbocycles. The van der Waals surface area contributed by atoms with Gasteiger partial charge >= 0.3 is 30.0 Å². The van der Waals surface area contributed by atoms with Crippen LogP contribution >= 0.6 is 11.6 Å². The number of halogens is 4. The normalized spacial score (nSPS) is 15.7. The average Bonchev–Trinajstić information content (AvgIpc) is 4.07. The van der Waals surface area contributed by atoms with Crippen molar-refractivity contribution in [2.24, 2.45) is 5.92 Å². The maximum atomic E-state index is 13.1. The molecule has 1 heterocycles. The van der Waals surface area contributed by atoms with Gasteiger partial charge in [0.1, 0.15) is 6.04 Å². The largest absolute Gasteiger partial charge is 0.467 e. The maximum absolute atomic E-state index is 13.1. The van der Waals surface area contributed by atoms with Crippen LogP contribution in [0.5, 0.6) is 6.01 Å². The lowest BCUT2D eigenvalue weighted by molar-refractivity contribution is -0.154. The highest BCUT2D eigenvalue weighted by Gasteiger charge is 2.45. The minimum Gasteiger partial charge on any atom is -0.467 e. The van der Waals surface area contributed by atoms with E-state index < -0.39 is 54.1 Å². The highest BCUT2D eigenvalue weighted by atomic mass is 35.5. The number of nitrogens with zero attached hydrogens (tertiary/aromatic N) is 3. The maximum Gasteiger partial charge on any atom is 0.422 e. The van der Waals surface area contributed by atoms with E-state index in [-0.39, 0.29) is 49.0 Å². The number of aliphatic hydroxyl groups excluding tert-OH is 1. The van der Waals surface area contributed by atoms with Crippen LogP contribution in [0.25, 0.3) is 0 Å². The van der Waals surface area contributed by atoms with Gasteiger partial charge in [0.25, 0.3) is 5.91 Å². The fourth-order valence-corrected chi connectivity index (χ4v) is 5.57. The average molecular weight is 763 g/mol. The first-order valence-electron chi connectivity index (χ1n) is 16.7. The first-order valence-corrected chi connectivity index (χ1v) is 17.1. The lowest BCUT2D eigenvalue weighted by atomic mass is 10.1. The standard InChI is InChI=1S/C34H38ClF3N8O7/c1-52-29(51)25(12-16-39-27(49)28(50)41-24(13-17-47)19-2-3-19)42-26(48)20-4-10-23(11-5-20)40-30-43-31(45-32(44-30)53-18-34(36,37)38)46-33(14-15-33)21-6-8-22(35)9-7-21/h4-11,19,24-25,47H,2-3,12-18H2,1H3,(H,39,49)(H,41,50)(H,42,48)(H2,40,43,44,45,46)/t24?,25-/m0/s1. The number of alkyl halides is 3. The van der Waals surface area contributed by atoms with Gasteiger partial charge in [-0.3, -0.25) is 14.4 Å². The van der Waals surface area contributed by atoms with Crippen LogP contribution in [0.1, 0.15) is 54.4 Å². The predicted molar refractivity (Wildman–Crippen MR) is 184 cm³/mol. The summed E-state index contributed by atoms with van der Waals surface area (Å²) < 4.78 is 48.4. The van der Waals surface area contributed by atoms with Crippen molar-refractivity contribution in [3.05, 3.63) is 64.7 Å². The number of esters is 1. The van der Waals surface area contributed by atoms with Crippen molar-refractivity contribution in [2.45, 2.75) is 62.3 Å². The molecule has 0 radical (unpaired) electrons. The molecule has 15 nitrogen and oxygen atoms in total. The second-order valence-electron chi connectivity index (χ2n) is 12.6. The number of carbonyl (C=O) groups is 4. The van der Waals surface area contributed by atoms with Gasteiger partial charge < -0.3 is 41.2 Å². The van der Waals surface area contributed by atoms with Gasteiger partial charge in [0.2, 0.25) is 11.9 Å². The SMILES string of the molecule is COC(=O)[C@H](CCNC(=O)C(=O)NC(CCO)C1CC1)NC(=O)c1ccc(Nc2nc(NC3(c4ccc(Cl)cc4)CC3)nc(OCC(F)(F)F)n2)cc1. The second kappa shape index (κ2) is 17.1. The minimum absolute atomic E-state index is 0.0297. The van der Waals surface area contributed by atoms with Crippen LogP contribution in [0.3, 0.4) is 0 Å². The van der Waals surface area contributed by atoms with Gasteiger partial charge in [0.15, 0.2) is 6.61 Å². The second-order valence-corrected chi connectivity index (χ2v) is 13.0. The summed E-state index contributed by atoms with van der Waals surface area (Å²) >= 11 is 6.02. The monoisotopic (exact) mass is 762 g/mol. The highest BCUT2D eigenvalue weighted by molar-refractivity contribution is 6.35. The summed E-state index contributed by atoms with van der Waals surface area (Å²) in [5.74, 6) is -3.15. The van der Waals surface area contributed by atoms with Crippen molar-refractivity contribution in [1.29, 1.82) is 0 Å². The van der Waals surface area contributed by atoms with Crippen molar-refractivity contribution < 1.29 is 46.9 Å². The number of methoxy groups -OCH3 is 1. The van der Waals surface area contributed by atoms with E-state index in [2.05, 4.69) is 41.5 Å². The van der Waals surface area contributed by atoms with Crippen molar-refractivity contribution >= 4 is 52.9 Å². The van der Waals surface area contributed by atoms with E-state index >= 15 is 0 Å². The zero-order chi connectivity index (χ0) is 38.2. The number of benzene rings is 2. The number of anilines is 3. The molecular formula is C34H38ClF3N8O7. The Kier molecular flexibility index (Phi) is 12.6.